The summed E-state index contributed by atoms with van der Waals surface area (Å²) in [6.07, 6.45) is 3.87. The molecule has 5 rings (SSSR count). The number of carbonyl (C=O) groups excluding carboxylic acids is 1. The number of benzene rings is 3. The van der Waals surface area contributed by atoms with E-state index in [4.69, 9.17) is 4.74 Å². The standard InChI is InChI=1S/C31H33N5O5S/c1-42(39,40)34-26-13-15-29(16-14-26)41-30-17-12-24(22-32-30)23-36(38)20-18-28(19-21-36)35(27-10-6-3-7-11-27)31(37)33-25-8-4-2-5-9-25/h2-17,22,28,34H,18-21,23H2,1H3,(H,33,37). The Hall–Kier alpha value is -4.45. The first kappa shape index (κ1) is 29.1. The minimum atomic E-state index is -3.36. The van der Waals surface area contributed by atoms with Crippen molar-refractivity contribution in [3.63, 3.8) is 0 Å². The van der Waals surface area contributed by atoms with Crippen LogP contribution in [0.5, 0.6) is 11.6 Å². The molecule has 0 atom stereocenters. The van der Waals surface area contributed by atoms with E-state index in [0.717, 1.165) is 17.5 Å². The van der Waals surface area contributed by atoms with Crippen LogP contribution in [-0.2, 0) is 16.6 Å². The van der Waals surface area contributed by atoms with Gasteiger partial charge in [-0.15, -0.1) is 0 Å². The number of hydroxylamine groups is 3. The summed E-state index contributed by atoms with van der Waals surface area (Å²) in [7, 11) is -3.36. The minimum Gasteiger partial charge on any atom is -0.633 e. The van der Waals surface area contributed by atoms with E-state index in [-0.39, 0.29) is 18.6 Å². The van der Waals surface area contributed by atoms with E-state index in [1.54, 1.807) is 41.4 Å². The Kier molecular flexibility index (Phi) is 8.72. The van der Waals surface area contributed by atoms with Crippen molar-refractivity contribution in [1.82, 2.24) is 4.98 Å². The first-order valence-electron chi connectivity index (χ1n) is 13.6. The summed E-state index contributed by atoms with van der Waals surface area (Å²) in [4.78, 5) is 19.5. The van der Waals surface area contributed by atoms with Crippen LogP contribution in [0.4, 0.5) is 21.9 Å². The lowest BCUT2D eigenvalue weighted by molar-refractivity contribution is -0.898. The van der Waals surface area contributed by atoms with Crippen LogP contribution < -0.4 is 19.7 Å². The van der Waals surface area contributed by atoms with E-state index in [0.29, 0.717) is 48.9 Å². The molecule has 4 aromatic rings. The average molecular weight is 588 g/mol. The Balaban J connectivity index is 1.19. The Morgan fingerprint density at radius 2 is 1.57 bits per heavy atom. The number of hydrogen-bond acceptors (Lipinski definition) is 6. The number of likely N-dealkylation sites (tertiary alicyclic amines) is 1. The molecule has 10 nitrogen and oxygen atoms in total. The molecule has 1 saturated heterocycles. The molecule has 1 fully saturated rings. The number of nitrogens with zero attached hydrogens (tertiary/aromatic N) is 3. The van der Waals surface area contributed by atoms with Crippen LogP contribution in [0.3, 0.4) is 0 Å². The number of pyridine rings is 1. The van der Waals surface area contributed by atoms with Gasteiger partial charge in [0.05, 0.1) is 19.3 Å². The number of carbonyl (C=O) groups is 1. The summed E-state index contributed by atoms with van der Waals surface area (Å²) in [5.74, 6) is 0.865. The fraction of sp³-hybridized carbons (Fsp3) is 0.226. The molecule has 0 saturated carbocycles. The van der Waals surface area contributed by atoms with Gasteiger partial charge in [0.1, 0.15) is 12.3 Å². The second-order valence-electron chi connectivity index (χ2n) is 10.4. The third-order valence-electron chi connectivity index (χ3n) is 7.03. The van der Waals surface area contributed by atoms with Crippen molar-refractivity contribution in [1.29, 1.82) is 0 Å². The third-order valence-corrected chi connectivity index (χ3v) is 7.64. The van der Waals surface area contributed by atoms with Gasteiger partial charge < -0.3 is 19.9 Å². The van der Waals surface area contributed by atoms with Gasteiger partial charge in [-0.1, -0.05) is 36.4 Å². The monoisotopic (exact) mass is 587 g/mol. The van der Waals surface area contributed by atoms with Crippen molar-refractivity contribution in [3.05, 3.63) is 114 Å². The lowest BCUT2D eigenvalue weighted by Crippen LogP contribution is -2.54. The summed E-state index contributed by atoms with van der Waals surface area (Å²) in [6, 6.07) is 28.6. The lowest BCUT2D eigenvalue weighted by atomic mass is 10.0. The summed E-state index contributed by atoms with van der Waals surface area (Å²) in [6.45, 7) is 1.02. The summed E-state index contributed by atoms with van der Waals surface area (Å²) in [5.41, 5.74) is 2.74. The molecule has 0 spiro atoms. The molecule has 1 aliphatic heterocycles. The zero-order valence-corrected chi connectivity index (χ0v) is 24.0. The third kappa shape index (κ3) is 7.84. The molecule has 0 radical (unpaired) electrons. The number of quaternary nitrogens is 1. The van der Waals surface area contributed by atoms with E-state index < -0.39 is 14.7 Å². The van der Waals surface area contributed by atoms with Crippen LogP contribution in [0, 0.1) is 5.21 Å². The predicted octanol–water partition coefficient (Wildman–Crippen LogP) is 5.96. The zero-order valence-electron chi connectivity index (χ0n) is 23.2. The van der Waals surface area contributed by atoms with Gasteiger partial charge in [0.25, 0.3) is 0 Å². The van der Waals surface area contributed by atoms with Gasteiger partial charge in [-0.25, -0.2) is 18.2 Å². The number of piperidine rings is 1. The molecule has 218 valence electrons. The first-order valence-corrected chi connectivity index (χ1v) is 15.5. The maximum atomic E-state index is 13.7. The predicted molar refractivity (Wildman–Crippen MR) is 164 cm³/mol. The normalized spacial score (nSPS) is 18.6. The second-order valence-corrected chi connectivity index (χ2v) is 12.2. The molecule has 2 amide bonds. The molecule has 1 aromatic heterocycles. The summed E-state index contributed by atoms with van der Waals surface area (Å²) >= 11 is 0. The Morgan fingerprint density at radius 1 is 0.929 bits per heavy atom. The van der Waals surface area contributed by atoms with Crippen LogP contribution in [-0.4, -0.2) is 49.5 Å². The van der Waals surface area contributed by atoms with Crippen molar-refractivity contribution >= 4 is 33.1 Å². The van der Waals surface area contributed by atoms with Crippen LogP contribution in [0.25, 0.3) is 0 Å². The van der Waals surface area contributed by atoms with Crippen LogP contribution >= 0.6 is 0 Å². The highest BCUT2D eigenvalue weighted by Gasteiger charge is 2.34. The zero-order chi connectivity index (χ0) is 29.6. The number of sulfonamides is 1. The van der Waals surface area contributed by atoms with Gasteiger partial charge in [0, 0.05) is 53.8 Å². The highest BCUT2D eigenvalue weighted by molar-refractivity contribution is 7.92. The van der Waals surface area contributed by atoms with Crippen LogP contribution in [0.15, 0.2) is 103 Å². The maximum absolute atomic E-state index is 13.7. The molecular formula is C31H33N5O5S. The molecule has 2 N–H and O–H groups in total. The molecule has 42 heavy (non-hydrogen) atoms. The number of hydrogen-bond donors (Lipinski definition) is 2. The highest BCUT2D eigenvalue weighted by Crippen LogP contribution is 2.29. The fourth-order valence-electron chi connectivity index (χ4n) is 5.05. The van der Waals surface area contributed by atoms with Gasteiger partial charge in [-0.3, -0.25) is 9.62 Å². The molecular weight excluding hydrogens is 554 g/mol. The molecule has 0 aliphatic carbocycles. The highest BCUT2D eigenvalue weighted by atomic mass is 32.2. The first-order chi connectivity index (χ1) is 20.2. The van der Waals surface area contributed by atoms with Gasteiger partial charge >= 0.3 is 6.03 Å². The van der Waals surface area contributed by atoms with E-state index in [1.807, 2.05) is 66.7 Å². The number of urea groups is 1. The number of ether oxygens (including phenoxy) is 1. The number of para-hydroxylation sites is 2. The second kappa shape index (κ2) is 12.6. The molecule has 3 aromatic carbocycles. The van der Waals surface area contributed by atoms with E-state index in [9.17, 15) is 18.4 Å². The Bertz CT molecular complexity index is 1580. The van der Waals surface area contributed by atoms with Gasteiger partial charge in [0.15, 0.2) is 0 Å². The van der Waals surface area contributed by atoms with Crippen molar-refractivity contribution in [2.75, 3.05) is 34.3 Å². The van der Waals surface area contributed by atoms with Crippen molar-refractivity contribution in [3.8, 4) is 11.6 Å². The van der Waals surface area contributed by atoms with Gasteiger partial charge in [-0.2, -0.15) is 0 Å². The van der Waals surface area contributed by atoms with Gasteiger partial charge in [-0.05, 0) is 54.6 Å². The summed E-state index contributed by atoms with van der Waals surface area (Å²) < 4.78 is 30.5. The molecule has 0 bridgehead atoms. The lowest BCUT2D eigenvalue weighted by Gasteiger charge is -2.49. The van der Waals surface area contributed by atoms with Crippen LogP contribution in [0.1, 0.15) is 18.4 Å². The number of amides is 2. The number of anilines is 3. The van der Waals surface area contributed by atoms with Crippen molar-refractivity contribution < 1.29 is 22.6 Å². The van der Waals surface area contributed by atoms with Gasteiger partial charge in [0.2, 0.25) is 15.9 Å². The SMILES string of the molecule is CS(=O)(=O)Nc1ccc(Oc2ccc(C[N+]3([O-])CCC(N(C(=O)Nc4ccccc4)c4ccccc4)CC3)cn2)cc1. The number of aromatic nitrogens is 1. The molecule has 11 heteroatoms. The smallest absolute Gasteiger partial charge is 0.326 e. The number of rotatable bonds is 9. The molecule has 1 aliphatic rings. The Labute approximate surface area is 245 Å². The van der Waals surface area contributed by atoms with Crippen LogP contribution in [0.2, 0.25) is 0 Å². The average Bonchev–Trinajstić information content (AvgIpc) is 2.97. The van der Waals surface area contributed by atoms with E-state index >= 15 is 0 Å². The minimum absolute atomic E-state index is 0.107. The number of nitrogens with one attached hydrogen (secondary N) is 2. The van der Waals surface area contributed by atoms with Crippen molar-refractivity contribution in [2.24, 2.45) is 0 Å². The molecule has 0 unspecified atom stereocenters. The Morgan fingerprint density at radius 3 is 2.17 bits per heavy atom. The fourth-order valence-corrected chi connectivity index (χ4v) is 5.62. The largest absolute Gasteiger partial charge is 0.633 e. The quantitative estimate of drug-likeness (QED) is 0.184. The van der Waals surface area contributed by atoms with E-state index in [1.165, 1.54) is 0 Å². The van der Waals surface area contributed by atoms with E-state index in [2.05, 4.69) is 15.0 Å². The van der Waals surface area contributed by atoms with Crippen molar-refractivity contribution in [2.45, 2.75) is 25.4 Å². The summed E-state index contributed by atoms with van der Waals surface area (Å²) in [5, 5.41) is 16.7. The molecule has 2 heterocycles. The maximum Gasteiger partial charge on any atom is 0.326 e. The topological polar surface area (TPSA) is 124 Å².